The van der Waals surface area contributed by atoms with E-state index in [2.05, 4.69) is 18.2 Å². The number of rotatable bonds is 5. The molecular weight excluding hydrogens is 272 g/mol. The smallest absolute Gasteiger partial charge is 0.226 e. The van der Waals surface area contributed by atoms with E-state index in [0.29, 0.717) is 0 Å². The van der Waals surface area contributed by atoms with Crippen LogP contribution in [0.1, 0.15) is 11.9 Å². The van der Waals surface area contributed by atoms with Gasteiger partial charge in [-0.1, -0.05) is 78.9 Å². The first-order valence-electron chi connectivity index (χ1n) is 7.27. The van der Waals surface area contributed by atoms with Gasteiger partial charge in [0.1, 0.15) is 5.75 Å². The minimum atomic E-state index is -0.425. The Bertz CT molecular complexity index is 708. The summed E-state index contributed by atoms with van der Waals surface area (Å²) in [5.74, 6) is 0.810. The maximum Gasteiger partial charge on any atom is 0.226 e. The third-order valence-electron chi connectivity index (χ3n) is 3.49. The molecule has 0 aliphatic heterocycles. The molecule has 0 amide bonds. The third-order valence-corrected chi connectivity index (χ3v) is 3.49. The Morgan fingerprint density at radius 2 is 1.27 bits per heavy atom. The Kier molecular flexibility index (Phi) is 4.52. The number of para-hydroxylation sites is 1. The van der Waals surface area contributed by atoms with Crippen LogP contribution in [0.2, 0.25) is 0 Å². The molecule has 0 saturated heterocycles. The van der Waals surface area contributed by atoms with Gasteiger partial charge >= 0.3 is 0 Å². The molecule has 3 aromatic carbocycles. The lowest BCUT2D eigenvalue weighted by molar-refractivity contribution is -0.0558. The standard InChI is InChI=1S/C20H18O2/c1-21-20(17-12-6-3-7-13-17)22-19-15-9-8-14-18(19)16-10-4-2-5-11-16/h2-15,20H,1H3. The first-order valence-corrected chi connectivity index (χ1v) is 7.27. The molecule has 1 atom stereocenters. The van der Waals surface area contributed by atoms with Crippen molar-refractivity contribution in [2.75, 3.05) is 7.11 Å². The normalized spacial score (nSPS) is 11.9. The highest BCUT2D eigenvalue weighted by molar-refractivity contribution is 5.70. The molecule has 0 saturated carbocycles. The van der Waals surface area contributed by atoms with E-state index in [1.807, 2.05) is 66.7 Å². The van der Waals surface area contributed by atoms with E-state index >= 15 is 0 Å². The lowest BCUT2D eigenvalue weighted by Gasteiger charge is -2.20. The number of methoxy groups -OCH3 is 1. The molecule has 1 unspecified atom stereocenters. The summed E-state index contributed by atoms with van der Waals surface area (Å²) in [5, 5.41) is 0. The van der Waals surface area contributed by atoms with E-state index in [1.165, 1.54) is 0 Å². The van der Waals surface area contributed by atoms with Crippen molar-refractivity contribution < 1.29 is 9.47 Å². The van der Waals surface area contributed by atoms with Gasteiger partial charge in [-0.3, -0.25) is 0 Å². The minimum absolute atomic E-state index is 0.425. The maximum absolute atomic E-state index is 6.11. The number of hydrogen-bond acceptors (Lipinski definition) is 2. The Labute approximate surface area is 131 Å². The SMILES string of the molecule is COC(Oc1ccccc1-c1ccccc1)c1ccccc1. The summed E-state index contributed by atoms with van der Waals surface area (Å²) < 4.78 is 11.6. The van der Waals surface area contributed by atoms with E-state index in [9.17, 15) is 0 Å². The van der Waals surface area contributed by atoms with Crippen molar-refractivity contribution in [3.63, 3.8) is 0 Å². The lowest BCUT2D eigenvalue weighted by atomic mass is 10.0. The van der Waals surface area contributed by atoms with Crippen molar-refractivity contribution in [2.24, 2.45) is 0 Å². The first-order chi connectivity index (χ1) is 10.9. The van der Waals surface area contributed by atoms with Gasteiger partial charge in [0.25, 0.3) is 0 Å². The fraction of sp³-hybridized carbons (Fsp3) is 0.100. The second-order valence-electron chi connectivity index (χ2n) is 4.96. The predicted octanol–water partition coefficient (Wildman–Crippen LogP) is 5.08. The minimum Gasteiger partial charge on any atom is -0.460 e. The van der Waals surface area contributed by atoms with Crippen molar-refractivity contribution in [3.8, 4) is 16.9 Å². The topological polar surface area (TPSA) is 18.5 Å². The molecule has 0 aliphatic rings. The molecule has 110 valence electrons. The van der Waals surface area contributed by atoms with Gasteiger partial charge < -0.3 is 9.47 Å². The van der Waals surface area contributed by atoms with Crippen LogP contribution < -0.4 is 4.74 Å². The molecule has 0 N–H and O–H groups in total. The van der Waals surface area contributed by atoms with Crippen LogP contribution in [0.4, 0.5) is 0 Å². The van der Waals surface area contributed by atoms with Crippen molar-refractivity contribution in [1.29, 1.82) is 0 Å². The lowest BCUT2D eigenvalue weighted by Crippen LogP contribution is -2.10. The first kappa shape index (κ1) is 14.4. The Morgan fingerprint density at radius 3 is 1.95 bits per heavy atom. The van der Waals surface area contributed by atoms with Crippen LogP contribution in [0.3, 0.4) is 0 Å². The van der Waals surface area contributed by atoms with Gasteiger partial charge in [-0.05, 0) is 11.6 Å². The number of benzene rings is 3. The van der Waals surface area contributed by atoms with Crippen LogP contribution >= 0.6 is 0 Å². The summed E-state index contributed by atoms with van der Waals surface area (Å²) in [7, 11) is 1.66. The van der Waals surface area contributed by atoms with Gasteiger partial charge in [0.15, 0.2) is 0 Å². The zero-order chi connectivity index (χ0) is 15.2. The number of hydrogen-bond donors (Lipinski definition) is 0. The van der Waals surface area contributed by atoms with Gasteiger partial charge in [0.2, 0.25) is 6.29 Å². The predicted molar refractivity (Wildman–Crippen MR) is 88.7 cm³/mol. The van der Waals surface area contributed by atoms with Gasteiger partial charge in [0, 0.05) is 18.2 Å². The van der Waals surface area contributed by atoms with Crippen molar-refractivity contribution in [1.82, 2.24) is 0 Å². The van der Waals surface area contributed by atoms with E-state index in [-0.39, 0.29) is 0 Å². The quantitative estimate of drug-likeness (QED) is 0.610. The average Bonchev–Trinajstić information content (AvgIpc) is 2.61. The molecule has 0 bridgehead atoms. The monoisotopic (exact) mass is 290 g/mol. The van der Waals surface area contributed by atoms with Gasteiger partial charge in [0.05, 0.1) is 0 Å². The van der Waals surface area contributed by atoms with Crippen LogP contribution in [0.5, 0.6) is 5.75 Å². The fourth-order valence-corrected chi connectivity index (χ4v) is 2.40. The van der Waals surface area contributed by atoms with Gasteiger partial charge in [-0.2, -0.15) is 0 Å². The molecule has 2 nitrogen and oxygen atoms in total. The van der Waals surface area contributed by atoms with Gasteiger partial charge in [-0.25, -0.2) is 0 Å². The highest BCUT2D eigenvalue weighted by Crippen LogP contribution is 2.33. The summed E-state index contributed by atoms with van der Waals surface area (Å²) in [6, 6.07) is 28.2. The average molecular weight is 290 g/mol. The molecule has 0 fully saturated rings. The van der Waals surface area contributed by atoms with Crippen LogP contribution in [0, 0.1) is 0 Å². The maximum atomic E-state index is 6.11. The molecule has 0 spiro atoms. The van der Waals surface area contributed by atoms with E-state index in [0.717, 1.165) is 22.4 Å². The number of ether oxygens (including phenoxy) is 2. The third kappa shape index (κ3) is 3.18. The molecule has 0 aromatic heterocycles. The zero-order valence-corrected chi connectivity index (χ0v) is 12.5. The van der Waals surface area contributed by atoms with Crippen LogP contribution in [0.25, 0.3) is 11.1 Å². The van der Waals surface area contributed by atoms with E-state index < -0.39 is 6.29 Å². The zero-order valence-electron chi connectivity index (χ0n) is 12.5. The van der Waals surface area contributed by atoms with Crippen LogP contribution in [0.15, 0.2) is 84.9 Å². The van der Waals surface area contributed by atoms with Gasteiger partial charge in [-0.15, -0.1) is 0 Å². The van der Waals surface area contributed by atoms with Crippen molar-refractivity contribution in [3.05, 3.63) is 90.5 Å². The molecule has 0 heterocycles. The van der Waals surface area contributed by atoms with Crippen LogP contribution in [-0.4, -0.2) is 7.11 Å². The second-order valence-corrected chi connectivity index (χ2v) is 4.96. The molecule has 0 radical (unpaired) electrons. The molecule has 22 heavy (non-hydrogen) atoms. The molecule has 3 rings (SSSR count). The summed E-state index contributed by atoms with van der Waals surface area (Å²) in [6.07, 6.45) is -0.425. The molecule has 2 heteroatoms. The highest BCUT2D eigenvalue weighted by atomic mass is 16.7. The Morgan fingerprint density at radius 1 is 0.682 bits per heavy atom. The molecule has 0 aliphatic carbocycles. The van der Waals surface area contributed by atoms with Crippen molar-refractivity contribution >= 4 is 0 Å². The largest absolute Gasteiger partial charge is 0.460 e. The van der Waals surface area contributed by atoms with E-state index in [4.69, 9.17) is 9.47 Å². The Balaban J connectivity index is 1.92. The van der Waals surface area contributed by atoms with Crippen molar-refractivity contribution in [2.45, 2.75) is 6.29 Å². The summed E-state index contributed by atoms with van der Waals surface area (Å²) >= 11 is 0. The molecular formula is C20H18O2. The molecule has 3 aromatic rings. The highest BCUT2D eigenvalue weighted by Gasteiger charge is 2.14. The fourth-order valence-electron chi connectivity index (χ4n) is 2.40. The van der Waals surface area contributed by atoms with E-state index in [1.54, 1.807) is 7.11 Å². The summed E-state index contributed by atoms with van der Waals surface area (Å²) in [4.78, 5) is 0. The Hall–Kier alpha value is -2.58. The summed E-state index contributed by atoms with van der Waals surface area (Å²) in [5.41, 5.74) is 3.18. The summed E-state index contributed by atoms with van der Waals surface area (Å²) in [6.45, 7) is 0. The second kappa shape index (κ2) is 6.92. The van der Waals surface area contributed by atoms with Crippen LogP contribution in [-0.2, 0) is 4.74 Å².